The van der Waals surface area contributed by atoms with Gasteiger partial charge in [0.1, 0.15) is 28.2 Å². The van der Waals surface area contributed by atoms with Crippen molar-refractivity contribution in [2.45, 2.75) is 136 Å². The summed E-state index contributed by atoms with van der Waals surface area (Å²) in [6, 6.07) is 5.52. The number of para-hydroxylation sites is 1. The van der Waals surface area contributed by atoms with Crippen LogP contribution in [-0.4, -0.2) is 75.6 Å². The van der Waals surface area contributed by atoms with Crippen molar-refractivity contribution in [2.75, 3.05) is 12.3 Å². The van der Waals surface area contributed by atoms with Crippen LogP contribution in [0.5, 0.6) is 6.01 Å². The minimum absolute atomic E-state index is 0.0181. The summed E-state index contributed by atoms with van der Waals surface area (Å²) in [5.74, 6) is -2.35. The Bertz CT molecular complexity index is 2060. The van der Waals surface area contributed by atoms with Crippen LogP contribution >= 0.6 is 11.3 Å². The third-order valence-electron chi connectivity index (χ3n) is 11.6. The first-order valence-electron chi connectivity index (χ1n) is 19.8. The maximum Gasteiger partial charge on any atom is 0.297 e. The van der Waals surface area contributed by atoms with Crippen LogP contribution in [0.15, 0.2) is 30.9 Å². The molecule has 3 aromatic rings. The fourth-order valence-electron chi connectivity index (χ4n) is 7.83. The predicted molar refractivity (Wildman–Crippen MR) is 216 cm³/mol. The molecule has 2 fully saturated rings. The first-order chi connectivity index (χ1) is 25.9. The first-order valence-corrected chi connectivity index (χ1v) is 22.3. The number of hydrogen-bond donors (Lipinski definition) is 2. The zero-order chi connectivity index (χ0) is 40.0. The van der Waals surface area contributed by atoms with Gasteiger partial charge < -0.3 is 15.0 Å². The predicted octanol–water partition coefficient (Wildman–Crippen LogP) is 6.91. The van der Waals surface area contributed by atoms with E-state index in [-0.39, 0.29) is 48.4 Å². The molecule has 1 saturated heterocycles. The van der Waals surface area contributed by atoms with Crippen molar-refractivity contribution >= 4 is 50.1 Å². The number of carbonyl (C=O) groups is 3. The third kappa shape index (κ3) is 8.36. The summed E-state index contributed by atoms with van der Waals surface area (Å²) in [6.07, 6.45) is 6.11. The van der Waals surface area contributed by atoms with Crippen molar-refractivity contribution in [1.82, 2.24) is 29.5 Å². The Morgan fingerprint density at radius 2 is 1.78 bits per heavy atom. The number of benzene rings is 1. The molecule has 1 spiro atoms. The number of aromatic nitrogens is 3. The molecule has 2 aromatic heterocycles. The zero-order valence-corrected chi connectivity index (χ0v) is 35.2. The lowest BCUT2D eigenvalue weighted by atomic mass is 9.81. The smallest absolute Gasteiger partial charge is 0.297 e. The molecule has 1 aromatic carbocycles. The number of carbonyl (C=O) groups excluding carboxylic acids is 3. The average Bonchev–Trinajstić information content (AvgIpc) is 3.40. The summed E-state index contributed by atoms with van der Waals surface area (Å²) in [7, 11) is -3.96. The van der Waals surface area contributed by atoms with E-state index in [1.807, 2.05) is 44.4 Å². The molecule has 5 atom stereocenters. The number of amides is 3. The van der Waals surface area contributed by atoms with Gasteiger partial charge in [0.15, 0.2) is 0 Å². The van der Waals surface area contributed by atoms with Crippen LogP contribution < -0.4 is 14.8 Å². The topological polar surface area (TPSA) is 153 Å². The van der Waals surface area contributed by atoms with E-state index in [9.17, 15) is 22.8 Å². The second-order valence-corrected chi connectivity index (χ2v) is 20.3. The maximum absolute atomic E-state index is 14.3. The number of hydrogen-bond acceptors (Lipinski definition) is 9. The lowest BCUT2D eigenvalue weighted by Gasteiger charge is -2.33. The molecule has 4 heterocycles. The maximum atomic E-state index is 14.3. The van der Waals surface area contributed by atoms with Crippen molar-refractivity contribution in [3.05, 3.63) is 41.4 Å². The second kappa shape index (κ2) is 15.6. The SMILES string of the molecule is C=C[C@@H]1C[C@@]12NC(=O)[C@@H]1C[C@H](CN1C(=O)[C@@H](C)C(C)(C)C)Oc1nc3c(cccc3n1C(C)C)-c1nc(C(C)C)c(s1)CCCCCCCS(=O)(=O)NC2=O. The summed E-state index contributed by atoms with van der Waals surface area (Å²) < 4.78 is 37.3. The van der Waals surface area contributed by atoms with E-state index in [0.29, 0.717) is 18.9 Å². The number of imidazole rings is 1. The normalized spacial score (nSPS) is 25.8. The van der Waals surface area contributed by atoms with Gasteiger partial charge in [-0.15, -0.1) is 17.9 Å². The second-order valence-electron chi connectivity index (χ2n) is 17.4. The largest absolute Gasteiger partial charge is 0.459 e. The van der Waals surface area contributed by atoms with Crippen molar-refractivity contribution in [2.24, 2.45) is 17.3 Å². The molecular formula is C41H58N6O6S2. The molecule has 2 N–H and O–H groups in total. The molecule has 3 aliphatic rings. The van der Waals surface area contributed by atoms with Crippen molar-refractivity contribution in [1.29, 1.82) is 0 Å². The number of fused-ring (bicyclic) bond motifs is 6. The standard InChI is InChI=1S/C41H58N6O6S2/c1-10-27-22-41(27)38(50)45-55(51,52)20-15-13-11-12-14-19-32-33(24(2)3)42-36(54-32)29-17-16-18-30-34(29)43-39(47(30)25(4)5)53-28-21-31(35(48)44-41)46(23-28)37(49)26(6)40(7,8)9/h10,16-18,24-28,31H,1,11-15,19-23H2,2-9H3,(H,44,48)(H,45,50)/t26-,27-,28-,31+,41-/m1/s1. The lowest BCUT2D eigenvalue weighted by Crippen LogP contribution is -2.57. The van der Waals surface area contributed by atoms with Crippen LogP contribution in [0, 0.1) is 17.3 Å². The molecule has 12 nitrogen and oxygen atoms in total. The van der Waals surface area contributed by atoms with Crippen LogP contribution in [0.1, 0.15) is 123 Å². The highest BCUT2D eigenvalue weighted by molar-refractivity contribution is 7.90. The van der Waals surface area contributed by atoms with Gasteiger partial charge in [0, 0.05) is 34.7 Å². The molecule has 1 saturated carbocycles. The van der Waals surface area contributed by atoms with Crippen LogP contribution in [-0.2, 0) is 30.8 Å². The summed E-state index contributed by atoms with van der Waals surface area (Å²) in [5, 5.41) is 3.80. The monoisotopic (exact) mass is 794 g/mol. The van der Waals surface area contributed by atoms with Gasteiger partial charge in [-0.25, -0.2) is 13.4 Å². The minimum atomic E-state index is -3.96. The molecular weight excluding hydrogens is 737 g/mol. The molecule has 55 heavy (non-hydrogen) atoms. The van der Waals surface area contributed by atoms with E-state index in [2.05, 4.69) is 50.4 Å². The molecule has 14 heteroatoms. The van der Waals surface area contributed by atoms with E-state index in [1.165, 1.54) is 4.88 Å². The number of sulfonamides is 1. The van der Waals surface area contributed by atoms with Crippen molar-refractivity contribution in [3.63, 3.8) is 0 Å². The molecule has 0 radical (unpaired) electrons. The molecule has 0 unspecified atom stereocenters. The van der Waals surface area contributed by atoms with E-state index in [1.54, 1.807) is 22.3 Å². The lowest BCUT2D eigenvalue weighted by molar-refractivity contribution is -0.144. The fourth-order valence-corrected chi connectivity index (χ4v) is 10.3. The van der Waals surface area contributed by atoms with E-state index in [4.69, 9.17) is 14.7 Å². The zero-order valence-electron chi connectivity index (χ0n) is 33.6. The summed E-state index contributed by atoms with van der Waals surface area (Å²) in [4.78, 5) is 55.2. The van der Waals surface area contributed by atoms with Gasteiger partial charge in [-0.05, 0) is 63.0 Å². The summed E-state index contributed by atoms with van der Waals surface area (Å²) in [5.41, 5.74) is 1.84. The summed E-state index contributed by atoms with van der Waals surface area (Å²) >= 11 is 1.70. The molecule has 300 valence electrons. The van der Waals surface area contributed by atoms with Crippen LogP contribution in [0.4, 0.5) is 0 Å². The van der Waals surface area contributed by atoms with Crippen LogP contribution in [0.25, 0.3) is 21.6 Å². The highest BCUT2D eigenvalue weighted by Crippen LogP contribution is 2.45. The number of ether oxygens (including phenoxy) is 1. The highest BCUT2D eigenvalue weighted by Gasteiger charge is 2.61. The first kappa shape index (κ1) is 40.9. The Hall–Kier alpha value is -3.78. The van der Waals surface area contributed by atoms with Crippen LogP contribution in [0.3, 0.4) is 0 Å². The molecule has 6 bridgehead atoms. The average molecular weight is 795 g/mol. The third-order valence-corrected chi connectivity index (χ3v) is 14.1. The Labute approximate surface area is 329 Å². The Morgan fingerprint density at radius 1 is 1.07 bits per heavy atom. The number of nitrogens with zero attached hydrogens (tertiary/aromatic N) is 4. The van der Waals surface area contributed by atoms with Gasteiger partial charge >= 0.3 is 0 Å². The number of likely N-dealkylation sites (tertiary alicyclic amines) is 1. The molecule has 6 rings (SSSR count). The number of rotatable bonds is 4. The van der Waals surface area contributed by atoms with Gasteiger partial charge in [-0.1, -0.05) is 72.9 Å². The number of nitrogens with one attached hydrogen (secondary N) is 2. The Balaban J connectivity index is 1.41. The van der Waals surface area contributed by atoms with Crippen molar-refractivity contribution < 1.29 is 27.5 Å². The van der Waals surface area contributed by atoms with Gasteiger partial charge in [0.25, 0.3) is 11.9 Å². The summed E-state index contributed by atoms with van der Waals surface area (Å²) in [6.45, 7) is 20.2. The van der Waals surface area contributed by atoms with E-state index < -0.39 is 51.4 Å². The molecule has 2 aliphatic heterocycles. The Kier molecular flexibility index (Phi) is 11.6. The van der Waals surface area contributed by atoms with Crippen molar-refractivity contribution in [3.8, 4) is 16.6 Å². The number of aryl methyl sites for hydroxylation is 1. The number of thiazole rings is 1. The van der Waals surface area contributed by atoms with Crippen LogP contribution in [0.2, 0.25) is 0 Å². The van der Waals surface area contributed by atoms with E-state index >= 15 is 0 Å². The molecule has 1 aliphatic carbocycles. The van der Waals surface area contributed by atoms with Gasteiger partial charge in [0.2, 0.25) is 21.8 Å². The highest BCUT2D eigenvalue weighted by atomic mass is 32.2. The molecule has 3 amide bonds. The minimum Gasteiger partial charge on any atom is -0.459 e. The Morgan fingerprint density at radius 3 is 2.44 bits per heavy atom. The van der Waals surface area contributed by atoms with Gasteiger partial charge in [-0.3, -0.25) is 23.7 Å². The quantitative estimate of drug-likeness (QED) is 0.271. The van der Waals surface area contributed by atoms with Gasteiger partial charge in [-0.2, -0.15) is 4.98 Å². The fraction of sp³-hybridized carbons (Fsp3) is 0.634. The van der Waals surface area contributed by atoms with E-state index in [0.717, 1.165) is 53.0 Å². The van der Waals surface area contributed by atoms with Gasteiger partial charge in [0.05, 0.1) is 23.5 Å².